The molecule has 7 nitrogen and oxygen atoms in total. The van der Waals surface area contributed by atoms with Crippen LogP contribution in [-0.4, -0.2) is 33.6 Å². The monoisotopic (exact) mass is 746 g/mol. The lowest BCUT2D eigenvalue weighted by Crippen LogP contribution is -2.08. The van der Waals surface area contributed by atoms with Crippen LogP contribution < -0.4 is 0 Å². The molecule has 0 fully saturated rings. The van der Waals surface area contributed by atoms with Crippen molar-refractivity contribution in [1.82, 2.24) is 33.6 Å². The number of hydrogen-bond donors (Lipinski definition) is 0. The Bertz CT molecular complexity index is 4330. The van der Waals surface area contributed by atoms with Gasteiger partial charge in [0.1, 0.15) is 0 Å². The van der Waals surface area contributed by atoms with E-state index in [4.69, 9.17) is 20.1 Å². The van der Waals surface area contributed by atoms with Crippen LogP contribution in [0.2, 0.25) is 0 Å². The van der Waals surface area contributed by atoms with E-state index in [0.29, 0.717) is 43.6 Å². The molecule has 57 heavy (non-hydrogen) atoms. The van der Waals surface area contributed by atoms with Gasteiger partial charge in [0.2, 0.25) is 5.95 Å². The minimum atomic E-state index is -0.811. The van der Waals surface area contributed by atoms with Gasteiger partial charge in [-0.05, 0) is 48.4 Å². The molecule has 6 aromatic heterocycles. The minimum absolute atomic E-state index is 0.00378. The zero-order chi connectivity index (χ0) is 52.2. The van der Waals surface area contributed by atoms with E-state index in [1.54, 1.807) is 64.3 Å². The average molecular weight is 747 g/mol. The number of aromatic nitrogens is 7. The molecule has 0 aliphatic rings. The van der Waals surface area contributed by atoms with E-state index in [1.807, 2.05) is 30.3 Å². The van der Waals surface area contributed by atoms with Crippen LogP contribution in [-0.2, 0) is 0 Å². The molecule has 0 aliphatic carbocycles. The molecule has 0 atom stereocenters. The second-order valence-corrected chi connectivity index (χ2v) is 13.1. The van der Waals surface area contributed by atoms with Crippen molar-refractivity contribution in [3.05, 3.63) is 188 Å². The lowest BCUT2D eigenvalue weighted by Gasteiger charge is -2.21. The highest BCUT2D eigenvalue weighted by atomic mass is 15.2. The van der Waals surface area contributed by atoms with Gasteiger partial charge in [-0.2, -0.15) is 0 Å². The number of hydrogen-bond acceptors (Lipinski definition) is 4. The van der Waals surface area contributed by atoms with Crippen molar-refractivity contribution < 1.29 is 23.3 Å². The second-order valence-electron chi connectivity index (χ2n) is 13.1. The van der Waals surface area contributed by atoms with Crippen molar-refractivity contribution in [2.75, 3.05) is 0 Å². The molecule has 0 saturated heterocycles. The van der Waals surface area contributed by atoms with Crippen LogP contribution in [0.1, 0.15) is 23.3 Å². The summed E-state index contributed by atoms with van der Waals surface area (Å²) in [6, 6.07) is 5.70. The summed E-state index contributed by atoms with van der Waals surface area (Å²) in [6.07, 6.45) is 6.41. The van der Waals surface area contributed by atoms with Gasteiger partial charge >= 0.3 is 0 Å². The highest BCUT2D eigenvalue weighted by Crippen LogP contribution is 2.42. The Hall–Kier alpha value is -7.90. The van der Waals surface area contributed by atoms with Gasteiger partial charge in [-0.15, -0.1) is 0 Å². The maximum atomic E-state index is 10.2. The molecule has 7 heteroatoms. The molecular formula is C50H31N7. The first-order valence-corrected chi connectivity index (χ1v) is 17.7. The first kappa shape index (κ1) is 19.1. The summed E-state index contributed by atoms with van der Waals surface area (Å²) >= 11 is 0. The predicted octanol–water partition coefficient (Wildman–Crippen LogP) is 11.9. The van der Waals surface area contributed by atoms with Gasteiger partial charge < -0.3 is 9.13 Å². The summed E-state index contributed by atoms with van der Waals surface area (Å²) in [5.41, 5.74) is -0.880. The van der Waals surface area contributed by atoms with Crippen LogP contribution in [0.5, 0.6) is 0 Å². The molecule has 6 aromatic carbocycles. The molecule has 0 bridgehead atoms. The van der Waals surface area contributed by atoms with Gasteiger partial charge in [0.05, 0.1) is 79.2 Å². The van der Waals surface area contributed by atoms with E-state index in [9.17, 15) is 8.22 Å². The standard InChI is InChI=1S/C50H31N7/c1-2-13-32(14-3-1)40-29-41(54-50(53-40)57-44-22-10-4-15-33(44)34-16-5-11-23-45(34)57)37-19-12-24-48(55-42-20-8-6-17-35(42)38-30-51-27-25-46(38)55)49(37)56-43-21-9-7-18-36(43)39-31-52-28-26-47(39)56/h1-31H/i1D,2D,3D,4D,5D,10D,11D,12D,13D,14D,15D,16D,19D,22D,23D,24D,29D. The fourth-order valence-electron chi connectivity index (χ4n) is 7.77. The van der Waals surface area contributed by atoms with E-state index in [-0.39, 0.29) is 27.7 Å². The van der Waals surface area contributed by atoms with E-state index in [1.165, 1.54) is 0 Å². The van der Waals surface area contributed by atoms with E-state index in [0.717, 1.165) is 4.57 Å². The third-order valence-electron chi connectivity index (χ3n) is 10.1. The molecule has 0 amide bonds. The first-order valence-electron chi connectivity index (χ1n) is 26.2. The van der Waals surface area contributed by atoms with Gasteiger partial charge in [-0.25, -0.2) is 9.97 Å². The molecule has 0 N–H and O–H groups in total. The van der Waals surface area contributed by atoms with Crippen LogP contribution in [0, 0.1) is 0 Å². The number of fused-ring (bicyclic) bond motifs is 9. The number of benzene rings is 6. The summed E-state index contributed by atoms with van der Waals surface area (Å²) in [7, 11) is 0. The molecule has 0 saturated carbocycles. The van der Waals surface area contributed by atoms with Gasteiger partial charge in [0.25, 0.3) is 0 Å². The van der Waals surface area contributed by atoms with Crippen molar-refractivity contribution >= 4 is 65.4 Å². The molecular weight excluding hydrogens is 699 g/mol. The third-order valence-corrected chi connectivity index (χ3v) is 10.1. The van der Waals surface area contributed by atoms with Gasteiger partial charge in [-0.3, -0.25) is 14.5 Å². The maximum absolute atomic E-state index is 10.2. The number of rotatable bonds is 5. The van der Waals surface area contributed by atoms with Crippen LogP contribution in [0.3, 0.4) is 0 Å². The van der Waals surface area contributed by atoms with Gasteiger partial charge in [-0.1, -0.05) is 115 Å². The Morgan fingerprint density at radius 1 is 0.421 bits per heavy atom. The molecule has 12 aromatic rings. The SMILES string of the molecule is [2H]c1c(-c2c([2H])c([2H])c([2H])c([2H])c2[2H])nc(-n2c3c([2H])c([2H])c([2H])c([2H])c3c3c([2H])c([2H])c([2H])c([2H])c32)nc1-c1c([2H])c([2H])c([2H])c(-n2c3ccccc3c3cnccc32)c1-n1c2ccccc2c2cnccc21. The molecule has 6 heterocycles. The molecule has 0 aliphatic heterocycles. The van der Waals surface area contributed by atoms with E-state index >= 15 is 0 Å². The predicted molar refractivity (Wildman–Crippen MR) is 232 cm³/mol. The smallest absolute Gasteiger partial charge is 0.235 e. The van der Waals surface area contributed by atoms with Crippen LogP contribution in [0.25, 0.3) is 105 Å². The summed E-state index contributed by atoms with van der Waals surface area (Å²) < 4.78 is 160. The lowest BCUT2D eigenvalue weighted by atomic mass is 10.0. The molecule has 266 valence electrons. The molecule has 0 spiro atoms. The zero-order valence-corrected chi connectivity index (χ0v) is 29.2. The highest BCUT2D eigenvalue weighted by molar-refractivity contribution is 6.12. The Labute approximate surface area is 350 Å². The zero-order valence-electron chi connectivity index (χ0n) is 46.2. The number of pyridine rings is 2. The second kappa shape index (κ2) is 12.3. The minimum Gasteiger partial charge on any atom is -0.307 e. The third kappa shape index (κ3) is 4.66. The Morgan fingerprint density at radius 3 is 1.67 bits per heavy atom. The maximum Gasteiger partial charge on any atom is 0.235 e. The lowest BCUT2D eigenvalue weighted by molar-refractivity contribution is 0.993. The Balaban J connectivity index is 1.37. The number of para-hydroxylation sites is 5. The fraction of sp³-hybridized carbons (Fsp3) is 0. The van der Waals surface area contributed by atoms with Crippen molar-refractivity contribution in [3.8, 4) is 39.8 Å². The van der Waals surface area contributed by atoms with E-state index in [2.05, 4.69) is 15.0 Å². The topological polar surface area (TPSA) is 66.3 Å². The van der Waals surface area contributed by atoms with Gasteiger partial charge in [0.15, 0.2) is 0 Å². The molecule has 0 unspecified atom stereocenters. The van der Waals surface area contributed by atoms with Crippen molar-refractivity contribution in [2.24, 2.45) is 0 Å². The van der Waals surface area contributed by atoms with Crippen LogP contribution in [0.4, 0.5) is 0 Å². The summed E-state index contributed by atoms with van der Waals surface area (Å²) in [6.45, 7) is 0. The van der Waals surface area contributed by atoms with Crippen molar-refractivity contribution in [1.29, 1.82) is 0 Å². The molecule has 0 radical (unpaired) electrons. The Morgan fingerprint density at radius 2 is 0.982 bits per heavy atom. The number of nitrogens with zero attached hydrogens (tertiary/aromatic N) is 7. The summed E-state index contributed by atoms with van der Waals surface area (Å²) in [4.78, 5) is 18.4. The quantitative estimate of drug-likeness (QED) is 0.176. The van der Waals surface area contributed by atoms with Crippen molar-refractivity contribution in [3.63, 3.8) is 0 Å². The van der Waals surface area contributed by atoms with Gasteiger partial charge in [0, 0.05) is 68.2 Å². The van der Waals surface area contributed by atoms with Crippen LogP contribution >= 0.6 is 0 Å². The normalized spacial score (nSPS) is 16.0. The van der Waals surface area contributed by atoms with Crippen LogP contribution in [0.15, 0.2) is 188 Å². The first-order chi connectivity index (χ1) is 35.4. The van der Waals surface area contributed by atoms with E-state index < -0.39 is 137 Å². The molecule has 12 rings (SSSR count). The largest absolute Gasteiger partial charge is 0.307 e. The fourth-order valence-corrected chi connectivity index (χ4v) is 7.77. The highest BCUT2D eigenvalue weighted by Gasteiger charge is 2.24. The Kier molecular flexibility index (Phi) is 4.13. The average Bonchev–Trinajstić information content (AvgIpc) is 4.06. The summed E-state index contributed by atoms with van der Waals surface area (Å²) in [5, 5.41) is 1.98. The van der Waals surface area contributed by atoms with Crippen molar-refractivity contribution in [2.45, 2.75) is 0 Å². The summed E-state index contributed by atoms with van der Waals surface area (Å²) in [5.74, 6) is -0.671.